The largest absolute Gasteiger partial charge is 0.394 e. The van der Waals surface area contributed by atoms with E-state index in [1.807, 2.05) is 0 Å². The van der Waals surface area contributed by atoms with Crippen LogP contribution in [0, 0.1) is 5.92 Å². The molecule has 1 aliphatic heterocycles. The first-order valence-electron chi connectivity index (χ1n) is 6.91. The first-order chi connectivity index (χ1) is 8.63. The van der Waals surface area contributed by atoms with Crippen LogP contribution >= 0.6 is 0 Å². The van der Waals surface area contributed by atoms with Gasteiger partial charge in [0.2, 0.25) is 0 Å². The topological polar surface area (TPSA) is 70.6 Å². The molecule has 0 spiro atoms. The Morgan fingerprint density at radius 2 is 2.11 bits per heavy atom. The van der Waals surface area contributed by atoms with Crippen molar-refractivity contribution in [1.82, 2.24) is 10.6 Å². The summed E-state index contributed by atoms with van der Waals surface area (Å²) in [7, 11) is 0. The van der Waals surface area contributed by atoms with Gasteiger partial charge in [0.1, 0.15) is 0 Å². The number of aliphatic hydroxyl groups is 1. The van der Waals surface area contributed by atoms with Crippen molar-refractivity contribution in [1.29, 1.82) is 0 Å². The van der Waals surface area contributed by atoms with Gasteiger partial charge in [-0.05, 0) is 38.0 Å². The molecule has 0 aromatic rings. The summed E-state index contributed by atoms with van der Waals surface area (Å²) in [5, 5.41) is 15.5. The first-order valence-corrected chi connectivity index (χ1v) is 6.91. The standard InChI is InChI=1S/C13H24N2O3/c1-10-2-5-13(9-16,6-3-10)15-12(17)14-11-4-7-18-8-11/h10-11,16H,2-9H2,1H3,(H2,14,15,17). The van der Waals surface area contributed by atoms with E-state index in [0.717, 1.165) is 32.1 Å². The Balaban J connectivity index is 1.83. The van der Waals surface area contributed by atoms with Gasteiger partial charge in [0.15, 0.2) is 0 Å². The molecule has 104 valence electrons. The molecule has 5 heteroatoms. The number of ether oxygens (including phenoxy) is 1. The normalized spacial score (nSPS) is 36.3. The van der Waals surface area contributed by atoms with Gasteiger partial charge in [0.05, 0.1) is 24.8 Å². The van der Waals surface area contributed by atoms with Gasteiger partial charge in [0, 0.05) is 6.61 Å². The van der Waals surface area contributed by atoms with E-state index in [9.17, 15) is 9.90 Å². The van der Waals surface area contributed by atoms with Crippen LogP contribution in [0.15, 0.2) is 0 Å². The summed E-state index contributed by atoms with van der Waals surface area (Å²) in [6.45, 7) is 3.55. The number of carbonyl (C=O) groups excluding carboxylic acids is 1. The smallest absolute Gasteiger partial charge is 0.315 e. The summed E-state index contributed by atoms with van der Waals surface area (Å²) in [6.07, 6.45) is 4.72. The van der Waals surface area contributed by atoms with Crippen molar-refractivity contribution in [3.63, 3.8) is 0 Å². The molecule has 1 saturated carbocycles. The van der Waals surface area contributed by atoms with Crippen LogP contribution < -0.4 is 10.6 Å². The summed E-state index contributed by atoms with van der Waals surface area (Å²) < 4.78 is 5.22. The summed E-state index contributed by atoms with van der Waals surface area (Å²) >= 11 is 0. The number of nitrogens with one attached hydrogen (secondary N) is 2. The second-order valence-corrected chi connectivity index (χ2v) is 5.78. The monoisotopic (exact) mass is 256 g/mol. The van der Waals surface area contributed by atoms with E-state index in [1.165, 1.54) is 0 Å². The SMILES string of the molecule is CC1CCC(CO)(NC(=O)NC2CCOC2)CC1. The first kappa shape index (κ1) is 13.6. The number of rotatable bonds is 3. The van der Waals surface area contributed by atoms with Gasteiger partial charge >= 0.3 is 6.03 Å². The maximum absolute atomic E-state index is 11.9. The van der Waals surface area contributed by atoms with Gasteiger partial charge in [-0.2, -0.15) is 0 Å². The van der Waals surface area contributed by atoms with Crippen molar-refractivity contribution in [3.05, 3.63) is 0 Å². The number of carbonyl (C=O) groups is 1. The molecule has 1 saturated heterocycles. The summed E-state index contributed by atoms with van der Waals surface area (Å²) in [5.41, 5.74) is -0.421. The maximum Gasteiger partial charge on any atom is 0.315 e. The molecule has 2 rings (SSSR count). The zero-order valence-electron chi connectivity index (χ0n) is 11.1. The maximum atomic E-state index is 11.9. The Bertz CT molecular complexity index is 282. The molecule has 18 heavy (non-hydrogen) atoms. The van der Waals surface area contributed by atoms with Gasteiger partial charge < -0.3 is 20.5 Å². The third-order valence-corrected chi connectivity index (χ3v) is 4.18. The Labute approximate surface area is 108 Å². The van der Waals surface area contributed by atoms with Crippen LogP contribution in [-0.4, -0.2) is 42.5 Å². The predicted octanol–water partition coefficient (Wildman–Crippen LogP) is 1.02. The van der Waals surface area contributed by atoms with E-state index >= 15 is 0 Å². The minimum atomic E-state index is -0.421. The Kier molecular flexibility index (Phi) is 4.45. The quantitative estimate of drug-likeness (QED) is 0.706. The Hall–Kier alpha value is -0.810. The number of hydrogen-bond donors (Lipinski definition) is 3. The lowest BCUT2D eigenvalue weighted by molar-refractivity contribution is 0.110. The minimum absolute atomic E-state index is 0.0221. The average molecular weight is 256 g/mol. The van der Waals surface area contributed by atoms with Crippen molar-refractivity contribution in [2.24, 2.45) is 5.92 Å². The highest BCUT2D eigenvalue weighted by atomic mass is 16.5. The van der Waals surface area contributed by atoms with Crippen molar-refractivity contribution < 1.29 is 14.6 Å². The van der Waals surface area contributed by atoms with Gasteiger partial charge in [0.25, 0.3) is 0 Å². The van der Waals surface area contributed by atoms with Crippen molar-refractivity contribution in [2.75, 3.05) is 19.8 Å². The van der Waals surface area contributed by atoms with Crippen LogP contribution in [0.25, 0.3) is 0 Å². The Morgan fingerprint density at radius 1 is 1.39 bits per heavy atom. The Morgan fingerprint density at radius 3 is 2.67 bits per heavy atom. The van der Waals surface area contributed by atoms with E-state index in [-0.39, 0.29) is 18.7 Å². The van der Waals surface area contributed by atoms with Gasteiger partial charge in [-0.15, -0.1) is 0 Å². The molecule has 1 aliphatic carbocycles. The highest BCUT2D eigenvalue weighted by Crippen LogP contribution is 2.31. The molecular weight excluding hydrogens is 232 g/mol. The molecule has 5 nitrogen and oxygen atoms in total. The molecule has 1 atom stereocenters. The van der Waals surface area contributed by atoms with Crippen LogP contribution in [0.2, 0.25) is 0 Å². The fraction of sp³-hybridized carbons (Fsp3) is 0.923. The van der Waals surface area contributed by atoms with Crippen LogP contribution in [0.1, 0.15) is 39.0 Å². The molecular formula is C13H24N2O3. The molecule has 3 N–H and O–H groups in total. The molecule has 1 heterocycles. The highest BCUT2D eigenvalue weighted by Gasteiger charge is 2.35. The summed E-state index contributed by atoms with van der Waals surface area (Å²) in [5.74, 6) is 0.692. The number of amides is 2. The van der Waals surface area contributed by atoms with Gasteiger partial charge in [-0.3, -0.25) is 0 Å². The molecule has 2 amide bonds. The molecule has 0 aromatic heterocycles. The van der Waals surface area contributed by atoms with Crippen LogP contribution in [0.4, 0.5) is 4.79 Å². The van der Waals surface area contributed by atoms with Crippen LogP contribution in [-0.2, 0) is 4.74 Å². The van der Waals surface area contributed by atoms with E-state index in [1.54, 1.807) is 0 Å². The molecule has 2 fully saturated rings. The summed E-state index contributed by atoms with van der Waals surface area (Å²) in [4.78, 5) is 11.9. The second-order valence-electron chi connectivity index (χ2n) is 5.78. The number of aliphatic hydroxyl groups excluding tert-OH is 1. The van der Waals surface area contributed by atoms with Gasteiger partial charge in [-0.25, -0.2) is 4.79 Å². The van der Waals surface area contributed by atoms with Gasteiger partial charge in [-0.1, -0.05) is 6.92 Å². The van der Waals surface area contributed by atoms with E-state index in [0.29, 0.717) is 19.1 Å². The lowest BCUT2D eigenvalue weighted by atomic mass is 9.77. The second kappa shape index (κ2) is 5.89. The lowest BCUT2D eigenvalue weighted by Crippen LogP contribution is -2.57. The fourth-order valence-corrected chi connectivity index (χ4v) is 2.75. The average Bonchev–Trinajstić information content (AvgIpc) is 2.85. The van der Waals surface area contributed by atoms with Crippen LogP contribution in [0.3, 0.4) is 0 Å². The number of hydrogen-bond acceptors (Lipinski definition) is 3. The molecule has 0 bridgehead atoms. The fourth-order valence-electron chi connectivity index (χ4n) is 2.75. The molecule has 2 aliphatic rings. The van der Waals surface area contributed by atoms with Crippen molar-refractivity contribution >= 4 is 6.03 Å². The van der Waals surface area contributed by atoms with E-state index < -0.39 is 5.54 Å². The molecule has 0 aromatic carbocycles. The zero-order chi connectivity index (χ0) is 13.0. The minimum Gasteiger partial charge on any atom is -0.394 e. The predicted molar refractivity (Wildman–Crippen MR) is 68.3 cm³/mol. The number of urea groups is 1. The third-order valence-electron chi connectivity index (χ3n) is 4.18. The van der Waals surface area contributed by atoms with Crippen molar-refractivity contribution in [2.45, 2.75) is 50.6 Å². The van der Waals surface area contributed by atoms with Crippen LogP contribution in [0.5, 0.6) is 0 Å². The van der Waals surface area contributed by atoms with Crippen molar-refractivity contribution in [3.8, 4) is 0 Å². The van der Waals surface area contributed by atoms with E-state index in [4.69, 9.17) is 4.74 Å². The third kappa shape index (κ3) is 3.36. The zero-order valence-corrected chi connectivity index (χ0v) is 11.1. The highest BCUT2D eigenvalue weighted by molar-refractivity contribution is 5.75. The summed E-state index contributed by atoms with van der Waals surface area (Å²) in [6, 6.07) is -0.0580. The lowest BCUT2D eigenvalue weighted by Gasteiger charge is -2.38. The molecule has 0 radical (unpaired) electrons. The molecule has 1 unspecified atom stereocenters. The van der Waals surface area contributed by atoms with E-state index in [2.05, 4.69) is 17.6 Å².